The van der Waals surface area contributed by atoms with Crippen molar-refractivity contribution in [2.75, 3.05) is 7.11 Å². The number of nitro benzene ring substituents is 1. The monoisotopic (exact) mass is 329 g/mol. The highest BCUT2D eigenvalue weighted by molar-refractivity contribution is 5.95. The van der Waals surface area contributed by atoms with E-state index in [0.29, 0.717) is 5.56 Å². The van der Waals surface area contributed by atoms with Crippen LogP contribution in [0.5, 0.6) is 11.5 Å². The number of aromatic hydroxyl groups is 1. The second kappa shape index (κ2) is 7.23. The van der Waals surface area contributed by atoms with Crippen LogP contribution in [0.15, 0.2) is 41.5 Å². The van der Waals surface area contributed by atoms with Gasteiger partial charge in [0, 0.05) is 11.1 Å². The maximum absolute atomic E-state index is 11.9. The molecule has 0 heterocycles. The van der Waals surface area contributed by atoms with Gasteiger partial charge in [0.15, 0.2) is 0 Å². The Morgan fingerprint density at radius 2 is 2.00 bits per heavy atom. The number of methoxy groups -OCH3 is 1. The molecule has 0 bridgehead atoms. The largest absolute Gasteiger partial charge is 0.502 e. The molecule has 0 aromatic heterocycles. The molecule has 0 radical (unpaired) electrons. The van der Waals surface area contributed by atoms with Crippen LogP contribution in [0.2, 0.25) is 0 Å². The van der Waals surface area contributed by atoms with Gasteiger partial charge < -0.3 is 9.84 Å². The van der Waals surface area contributed by atoms with Gasteiger partial charge in [-0.25, -0.2) is 5.43 Å². The minimum atomic E-state index is -0.736. The molecule has 0 aliphatic carbocycles. The number of ether oxygens (including phenoxy) is 1. The van der Waals surface area contributed by atoms with Crippen LogP contribution in [0.25, 0.3) is 0 Å². The lowest BCUT2D eigenvalue weighted by Crippen LogP contribution is -2.17. The van der Waals surface area contributed by atoms with Gasteiger partial charge in [-0.3, -0.25) is 14.9 Å². The van der Waals surface area contributed by atoms with E-state index in [1.165, 1.54) is 13.2 Å². The molecule has 0 saturated heterocycles. The fourth-order valence-corrected chi connectivity index (χ4v) is 1.90. The Hall–Kier alpha value is -3.42. The van der Waals surface area contributed by atoms with Crippen LogP contribution < -0.4 is 10.2 Å². The summed E-state index contributed by atoms with van der Waals surface area (Å²) in [5, 5.41) is 24.5. The Morgan fingerprint density at radius 1 is 1.33 bits per heavy atom. The second-order valence-corrected chi connectivity index (χ2v) is 4.91. The third kappa shape index (κ3) is 3.86. The van der Waals surface area contributed by atoms with E-state index in [0.717, 1.165) is 17.8 Å². The van der Waals surface area contributed by atoms with Gasteiger partial charge in [-0.15, -0.1) is 0 Å². The number of hydrogen-bond acceptors (Lipinski definition) is 6. The number of benzene rings is 2. The average Bonchev–Trinajstić information content (AvgIpc) is 2.56. The predicted molar refractivity (Wildman–Crippen MR) is 87.6 cm³/mol. The highest BCUT2D eigenvalue weighted by Gasteiger charge is 2.18. The number of nitro groups is 1. The number of nitrogens with zero attached hydrogens (tertiary/aromatic N) is 2. The third-order valence-corrected chi connectivity index (χ3v) is 3.21. The van der Waals surface area contributed by atoms with Crippen LogP contribution >= 0.6 is 0 Å². The number of phenols is 1. The van der Waals surface area contributed by atoms with Crippen molar-refractivity contribution < 1.29 is 19.6 Å². The maximum atomic E-state index is 11.9. The molecule has 124 valence electrons. The van der Waals surface area contributed by atoms with Gasteiger partial charge in [-0.05, 0) is 25.1 Å². The fraction of sp³-hybridized carbons (Fsp3) is 0.125. The first-order chi connectivity index (χ1) is 11.4. The zero-order chi connectivity index (χ0) is 17.7. The van der Waals surface area contributed by atoms with Crippen LogP contribution in [0.3, 0.4) is 0 Å². The van der Waals surface area contributed by atoms with Gasteiger partial charge in [0.25, 0.3) is 5.91 Å². The summed E-state index contributed by atoms with van der Waals surface area (Å²) in [6.45, 7) is 1.90. The minimum absolute atomic E-state index is 0.0465. The third-order valence-electron chi connectivity index (χ3n) is 3.21. The van der Waals surface area contributed by atoms with Gasteiger partial charge in [-0.1, -0.05) is 17.7 Å². The Balaban J connectivity index is 2.19. The molecule has 2 aromatic carbocycles. The molecule has 0 unspecified atom stereocenters. The number of carbonyl (C=O) groups excluding carboxylic acids is 1. The smallest absolute Gasteiger partial charge is 0.315 e. The minimum Gasteiger partial charge on any atom is -0.502 e. The molecule has 2 rings (SSSR count). The molecule has 0 fully saturated rings. The molecule has 24 heavy (non-hydrogen) atoms. The molecule has 0 aliphatic rings. The number of nitrogens with one attached hydrogen (secondary N) is 1. The van der Waals surface area contributed by atoms with Crippen LogP contribution in [0.4, 0.5) is 5.69 Å². The van der Waals surface area contributed by atoms with E-state index in [1.807, 2.05) is 6.92 Å². The first-order valence-electron chi connectivity index (χ1n) is 6.88. The summed E-state index contributed by atoms with van der Waals surface area (Å²) in [5.74, 6) is -0.817. The first-order valence-corrected chi connectivity index (χ1v) is 6.88. The average molecular weight is 329 g/mol. The fourth-order valence-electron chi connectivity index (χ4n) is 1.90. The highest BCUT2D eigenvalue weighted by Crippen LogP contribution is 2.33. The summed E-state index contributed by atoms with van der Waals surface area (Å²) in [6.07, 6.45) is 1.11. The number of amides is 1. The molecule has 0 atom stereocenters. The molecular formula is C16H15N3O5. The van der Waals surface area contributed by atoms with Crippen molar-refractivity contribution in [2.45, 2.75) is 6.92 Å². The number of hydrogen-bond donors (Lipinski definition) is 2. The zero-order valence-electron chi connectivity index (χ0n) is 13.0. The van der Waals surface area contributed by atoms with E-state index in [4.69, 9.17) is 4.74 Å². The number of phenolic OH excluding ortho intramolecular Hbond substituents is 1. The van der Waals surface area contributed by atoms with E-state index >= 15 is 0 Å². The van der Waals surface area contributed by atoms with Crippen molar-refractivity contribution in [1.29, 1.82) is 0 Å². The molecule has 0 aliphatic heterocycles. The van der Waals surface area contributed by atoms with Crippen molar-refractivity contribution in [3.63, 3.8) is 0 Å². The van der Waals surface area contributed by atoms with E-state index in [1.54, 1.807) is 24.3 Å². The van der Waals surface area contributed by atoms with Crippen LogP contribution in [0.1, 0.15) is 21.5 Å². The molecule has 1 amide bonds. The molecular weight excluding hydrogens is 314 g/mol. The summed E-state index contributed by atoms with van der Waals surface area (Å²) in [6, 6.07) is 9.33. The molecule has 8 nitrogen and oxygen atoms in total. The van der Waals surface area contributed by atoms with Crippen molar-refractivity contribution in [2.24, 2.45) is 5.10 Å². The van der Waals surface area contributed by atoms with Gasteiger partial charge in [0.1, 0.15) is 5.75 Å². The molecule has 0 saturated carbocycles. The van der Waals surface area contributed by atoms with Crippen molar-refractivity contribution in [3.05, 3.63) is 63.2 Å². The lowest BCUT2D eigenvalue weighted by Gasteiger charge is -2.05. The Kier molecular flexibility index (Phi) is 5.10. The summed E-state index contributed by atoms with van der Waals surface area (Å²) in [5.41, 5.74) is 3.25. The second-order valence-electron chi connectivity index (χ2n) is 4.91. The molecule has 2 N–H and O–H groups in total. The molecule has 8 heteroatoms. The first kappa shape index (κ1) is 16.9. The van der Waals surface area contributed by atoms with Crippen LogP contribution in [0, 0.1) is 17.0 Å². The zero-order valence-corrected chi connectivity index (χ0v) is 13.0. The number of carbonyl (C=O) groups is 1. The highest BCUT2D eigenvalue weighted by atomic mass is 16.6. The quantitative estimate of drug-likeness (QED) is 0.496. The predicted octanol–water partition coefficient (Wildman–Crippen LogP) is 2.38. The summed E-state index contributed by atoms with van der Waals surface area (Å²) in [4.78, 5) is 22.1. The molecule has 0 spiro atoms. The van der Waals surface area contributed by atoms with Crippen molar-refractivity contribution in [1.82, 2.24) is 5.43 Å². The standard InChI is InChI=1S/C16H15N3O5/c1-10-3-5-11(6-4-10)16(21)18-17-9-12-7-13(24-2)8-14(15(12)20)19(22)23/h3-9,20H,1-2H3,(H,18,21)/b17-9-. The van der Waals surface area contributed by atoms with E-state index in [9.17, 15) is 20.0 Å². The van der Waals surface area contributed by atoms with Gasteiger partial charge in [-0.2, -0.15) is 5.10 Å². The summed E-state index contributed by atoms with van der Waals surface area (Å²) >= 11 is 0. The number of rotatable bonds is 5. The summed E-state index contributed by atoms with van der Waals surface area (Å²) < 4.78 is 4.94. The Bertz CT molecular complexity index is 800. The van der Waals surface area contributed by atoms with Gasteiger partial charge in [0.2, 0.25) is 5.75 Å². The van der Waals surface area contributed by atoms with Gasteiger partial charge in [0.05, 0.1) is 24.3 Å². The normalized spacial score (nSPS) is 10.6. The Morgan fingerprint density at radius 3 is 2.58 bits per heavy atom. The Labute approximate surface area is 137 Å². The van der Waals surface area contributed by atoms with E-state index in [2.05, 4.69) is 10.5 Å². The van der Waals surface area contributed by atoms with E-state index < -0.39 is 22.3 Å². The van der Waals surface area contributed by atoms with E-state index in [-0.39, 0.29) is 11.3 Å². The topological polar surface area (TPSA) is 114 Å². The van der Waals surface area contributed by atoms with Crippen molar-refractivity contribution >= 4 is 17.8 Å². The SMILES string of the molecule is COc1cc(/C=N\NC(=O)c2ccc(C)cc2)c(O)c([N+](=O)[O-])c1. The lowest BCUT2D eigenvalue weighted by molar-refractivity contribution is -0.385. The maximum Gasteiger partial charge on any atom is 0.315 e. The van der Waals surface area contributed by atoms with Crippen LogP contribution in [-0.4, -0.2) is 29.3 Å². The lowest BCUT2D eigenvalue weighted by atomic mass is 10.1. The number of aryl methyl sites for hydroxylation is 1. The van der Waals surface area contributed by atoms with Crippen molar-refractivity contribution in [3.8, 4) is 11.5 Å². The molecule has 2 aromatic rings. The van der Waals surface area contributed by atoms with Gasteiger partial charge >= 0.3 is 5.69 Å². The summed E-state index contributed by atoms with van der Waals surface area (Å²) in [7, 11) is 1.34. The van der Waals surface area contributed by atoms with Crippen LogP contribution in [-0.2, 0) is 0 Å². The number of hydrazone groups is 1.